The number of hydrogen-bond acceptors (Lipinski definition) is 2. The van der Waals surface area contributed by atoms with E-state index in [9.17, 15) is 9.59 Å². The van der Waals surface area contributed by atoms with Gasteiger partial charge in [-0.2, -0.15) is 0 Å². The molecule has 0 radical (unpaired) electrons. The lowest BCUT2D eigenvalue weighted by molar-refractivity contribution is -0.106. The highest BCUT2D eigenvalue weighted by atomic mass is 79.9. The maximum atomic E-state index is 12.2. The molecule has 2 aromatic carbocycles. The zero-order chi connectivity index (χ0) is 36.3. The highest BCUT2D eigenvalue weighted by Crippen LogP contribution is 2.63. The average molecular weight is 744 g/mol. The van der Waals surface area contributed by atoms with Gasteiger partial charge in [0.1, 0.15) is 0 Å². The quantitative estimate of drug-likeness (QED) is 0.161. The first-order valence-corrected chi connectivity index (χ1v) is 21.2. The van der Waals surface area contributed by atoms with E-state index in [2.05, 4.69) is 71.0 Å². The molecule has 0 heterocycles. The number of ketones is 2. The number of allylic oxidation sites excluding steroid dienone is 1. The Balaban J connectivity index is 0.000000136. The van der Waals surface area contributed by atoms with Gasteiger partial charge in [0.15, 0.2) is 11.6 Å². The van der Waals surface area contributed by atoms with Crippen molar-refractivity contribution in [1.29, 1.82) is 0 Å². The Hall–Kier alpha value is -2.00. The summed E-state index contributed by atoms with van der Waals surface area (Å²) in [7, 11) is 0. The molecule has 9 fully saturated rings. The lowest BCUT2D eigenvalue weighted by Gasteiger charge is -2.60. The Labute approximate surface area is 314 Å². The van der Waals surface area contributed by atoms with Crippen molar-refractivity contribution in [2.24, 2.45) is 63.6 Å². The molecule has 8 atom stereocenters. The van der Waals surface area contributed by atoms with Crippen molar-refractivity contribution >= 4 is 27.5 Å². The van der Waals surface area contributed by atoms with Crippen LogP contribution in [-0.2, 0) is 0 Å². The summed E-state index contributed by atoms with van der Waals surface area (Å²) in [6, 6.07) is 19.0. The van der Waals surface area contributed by atoms with E-state index in [0.29, 0.717) is 27.4 Å². The second-order valence-electron chi connectivity index (χ2n) is 18.6. The number of carbonyl (C=O) groups is 2. The van der Waals surface area contributed by atoms with E-state index in [1.807, 2.05) is 60.7 Å². The number of benzene rings is 2. The molecule has 9 aliphatic carbocycles. The summed E-state index contributed by atoms with van der Waals surface area (Å²) in [6.07, 6.45) is 16.1. The maximum Gasteiger partial charge on any atom is 0.173 e. The number of halogens is 1. The standard InChI is InChI=1S/C18H24O.C11H20.C10H16.C8H7BrO/c1-18(2)15-10-8-13(16(18)12-15)9-11-17(19)14-6-4-3-5-7-14;1-4-8-5-6-9-7-10(8)11(9,2)3;1-7-4-5-8-6-9(7)10(8,2)3;9-6-8(10)7-4-2-1-3-5-7/h3-7,13,15-16H,8-12H2,1-2H3;8-10H,4-7H2,1-3H3;8-9H,1,4-6H2,2-3H3;1-5H,6H2. The third-order valence-electron chi connectivity index (χ3n) is 15.4. The zero-order valence-corrected chi connectivity index (χ0v) is 34.1. The maximum absolute atomic E-state index is 12.2. The van der Waals surface area contributed by atoms with Crippen LogP contribution in [0.25, 0.3) is 0 Å². The fourth-order valence-electron chi connectivity index (χ4n) is 11.3. The first-order chi connectivity index (χ1) is 23.7. The molecule has 0 spiro atoms. The van der Waals surface area contributed by atoms with E-state index in [0.717, 1.165) is 71.3 Å². The highest BCUT2D eigenvalue weighted by molar-refractivity contribution is 9.09. The fourth-order valence-corrected chi connectivity index (χ4v) is 11.6. The molecule has 274 valence electrons. The monoisotopic (exact) mass is 742 g/mol. The van der Waals surface area contributed by atoms with Crippen LogP contribution >= 0.6 is 15.9 Å². The molecule has 9 aliphatic rings. The number of carbonyl (C=O) groups excluding carboxylic acids is 2. The van der Waals surface area contributed by atoms with Crippen molar-refractivity contribution in [3.63, 3.8) is 0 Å². The van der Waals surface area contributed by atoms with Crippen LogP contribution in [-0.4, -0.2) is 16.9 Å². The van der Waals surface area contributed by atoms with Gasteiger partial charge >= 0.3 is 0 Å². The Bertz CT molecular complexity index is 1430. The Morgan fingerprint density at radius 2 is 1.14 bits per heavy atom. The normalized spacial score (nSPS) is 32.7. The Morgan fingerprint density at radius 1 is 0.660 bits per heavy atom. The van der Waals surface area contributed by atoms with Crippen LogP contribution < -0.4 is 0 Å². The van der Waals surface area contributed by atoms with Crippen LogP contribution in [0.5, 0.6) is 0 Å². The summed E-state index contributed by atoms with van der Waals surface area (Å²) in [5.41, 5.74) is 5.02. The molecule has 2 aromatic rings. The molecule has 11 rings (SSSR count). The van der Waals surface area contributed by atoms with Gasteiger partial charge in [-0.15, -0.1) is 0 Å². The lowest BCUT2D eigenvalue weighted by atomic mass is 9.45. The van der Waals surface area contributed by atoms with Crippen molar-refractivity contribution in [3.05, 3.63) is 83.9 Å². The summed E-state index contributed by atoms with van der Waals surface area (Å²) in [5, 5.41) is 0.400. The summed E-state index contributed by atoms with van der Waals surface area (Å²) < 4.78 is 0. The molecule has 0 aromatic heterocycles. The minimum atomic E-state index is 0.126. The fraction of sp³-hybridized carbons (Fsp3) is 0.660. The van der Waals surface area contributed by atoms with E-state index in [1.165, 1.54) is 63.4 Å². The average Bonchev–Trinajstić information content (AvgIpc) is 3.14. The summed E-state index contributed by atoms with van der Waals surface area (Å²) >= 11 is 3.10. The third-order valence-corrected chi connectivity index (χ3v) is 15.9. The molecule has 0 amide bonds. The molecule has 0 N–H and O–H groups in total. The molecule has 0 aliphatic heterocycles. The molecular weight excluding hydrogens is 676 g/mol. The van der Waals surface area contributed by atoms with Gasteiger partial charge in [-0.3, -0.25) is 9.59 Å². The van der Waals surface area contributed by atoms with Crippen LogP contribution in [0.4, 0.5) is 0 Å². The van der Waals surface area contributed by atoms with Gasteiger partial charge in [0.2, 0.25) is 0 Å². The second kappa shape index (κ2) is 16.3. The molecule has 50 heavy (non-hydrogen) atoms. The minimum Gasteiger partial charge on any atom is -0.294 e. The largest absolute Gasteiger partial charge is 0.294 e. The second-order valence-corrected chi connectivity index (χ2v) is 19.1. The first kappa shape index (κ1) is 39.2. The van der Waals surface area contributed by atoms with Gasteiger partial charge in [-0.1, -0.05) is 144 Å². The van der Waals surface area contributed by atoms with Gasteiger partial charge in [0.25, 0.3) is 0 Å². The van der Waals surface area contributed by atoms with Crippen LogP contribution in [0.15, 0.2) is 72.8 Å². The Kier molecular flexibility index (Phi) is 12.8. The molecule has 6 bridgehead atoms. The molecule has 3 heteroatoms. The van der Waals surface area contributed by atoms with E-state index in [4.69, 9.17) is 0 Å². The van der Waals surface area contributed by atoms with Crippen LogP contribution in [0.3, 0.4) is 0 Å². The number of rotatable bonds is 7. The van der Waals surface area contributed by atoms with Crippen molar-refractivity contribution in [3.8, 4) is 0 Å². The van der Waals surface area contributed by atoms with Crippen LogP contribution in [0.1, 0.15) is 146 Å². The van der Waals surface area contributed by atoms with Crippen molar-refractivity contribution in [1.82, 2.24) is 0 Å². The zero-order valence-electron chi connectivity index (χ0n) is 32.5. The van der Waals surface area contributed by atoms with Crippen LogP contribution in [0, 0.1) is 63.6 Å². The van der Waals surface area contributed by atoms with Crippen LogP contribution in [0.2, 0.25) is 0 Å². The van der Waals surface area contributed by atoms with Crippen molar-refractivity contribution in [2.75, 3.05) is 5.33 Å². The molecule has 2 nitrogen and oxygen atoms in total. The van der Waals surface area contributed by atoms with Gasteiger partial charge in [-0.25, -0.2) is 0 Å². The first-order valence-electron chi connectivity index (χ1n) is 20.1. The van der Waals surface area contributed by atoms with Gasteiger partial charge in [0.05, 0.1) is 5.33 Å². The predicted octanol–water partition coefficient (Wildman–Crippen LogP) is 13.5. The van der Waals surface area contributed by atoms with E-state index in [-0.39, 0.29) is 5.78 Å². The highest BCUT2D eigenvalue weighted by Gasteiger charge is 2.54. The summed E-state index contributed by atoms with van der Waals surface area (Å²) in [5.74, 6) is 8.16. The molecule has 8 unspecified atom stereocenters. The van der Waals surface area contributed by atoms with Crippen molar-refractivity contribution in [2.45, 2.75) is 126 Å². The summed E-state index contributed by atoms with van der Waals surface area (Å²) in [6.45, 7) is 21.1. The predicted molar refractivity (Wildman–Crippen MR) is 215 cm³/mol. The molecule has 9 saturated carbocycles. The third kappa shape index (κ3) is 8.29. The smallest absolute Gasteiger partial charge is 0.173 e. The van der Waals surface area contributed by atoms with Gasteiger partial charge in [-0.05, 0) is 128 Å². The summed E-state index contributed by atoms with van der Waals surface area (Å²) in [4.78, 5) is 23.1. The number of alkyl halides is 1. The van der Waals surface area contributed by atoms with Gasteiger partial charge < -0.3 is 0 Å². The van der Waals surface area contributed by atoms with E-state index < -0.39 is 0 Å². The molecular formula is C47H67BrO2. The molecule has 0 saturated heterocycles. The van der Waals surface area contributed by atoms with E-state index >= 15 is 0 Å². The SMILES string of the molecule is C=C1CCC2CC1C2(C)C.CC1(C)C2CCC(CCC(=O)c3ccccc3)C1C2.CCC1CCC2CC1C2(C)C.O=C(CBr)c1ccccc1. The lowest BCUT2D eigenvalue weighted by Crippen LogP contribution is -2.52. The van der Waals surface area contributed by atoms with Gasteiger partial charge in [0, 0.05) is 17.5 Å². The number of hydrogen-bond donors (Lipinski definition) is 0. The Morgan fingerprint density at radius 3 is 1.52 bits per heavy atom. The number of fused-ring (bicyclic) bond motifs is 6. The minimum absolute atomic E-state index is 0.126. The topological polar surface area (TPSA) is 34.1 Å². The van der Waals surface area contributed by atoms with Crippen molar-refractivity contribution < 1.29 is 9.59 Å². The number of Topliss-reactive ketones (excluding diaryl/α,β-unsaturated/α-hetero) is 2. The van der Waals surface area contributed by atoms with E-state index in [1.54, 1.807) is 6.42 Å².